The van der Waals surface area contributed by atoms with Crippen LogP contribution in [0, 0.1) is 6.20 Å². The van der Waals surface area contributed by atoms with Gasteiger partial charge in [-0.25, -0.2) is 0 Å². The van der Waals surface area contributed by atoms with Gasteiger partial charge in [-0.1, -0.05) is 31.8 Å². The van der Waals surface area contributed by atoms with E-state index in [0.29, 0.717) is 6.73 Å². The molecule has 0 fully saturated rings. The van der Waals surface area contributed by atoms with Crippen molar-refractivity contribution in [3.8, 4) is 0 Å². The van der Waals surface area contributed by atoms with Crippen LogP contribution in [0.4, 0.5) is 0 Å². The van der Waals surface area contributed by atoms with Crippen molar-refractivity contribution in [3.63, 3.8) is 0 Å². The largest absolute Gasteiger partial charge is 1.00 e. The molecule has 1 heterocycles. The Morgan fingerprint density at radius 2 is 1.94 bits per heavy atom. The van der Waals surface area contributed by atoms with Crippen LogP contribution in [-0.2, 0) is 11.5 Å². The van der Waals surface area contributed by atoms with Crippen molar-refractivity contribution in [2.45, 2.75) is 32.4 Å². The zero-order chi connectivity index (χ0) is 12.3. The Hall–Kier alpha value is -0.466. The maximum Gasteiger partial charge on any atom is 1.00 e. The number of nitrogens with zero attached hydrogens (tertiary/aromatic N) is 1. The second kappa shape index (κ2) is 6.63. The van der Waals surface area contributed by atoms with E-state index in [2.05, 4.69) is 44.0 Å². The Kier molecular flexibility index (Phi) is 5.74. The second-order valence-electron chi connectivity index (χ2n) is 5.61. The molecule has 0 radical (unpaired) electrons. The first-order valence-corrected chi connectivity index (χ1v) is 9.81. The van der Waals surface area contributed by atoms with Crippen LogP contribution < -0.4 is 18.9 Å². The molecule has 92 valence electrons. The van der Waals surface area contributed by atoms with E-state index in [1.165, 1.54) is 16.9 Å². The molecule has 0 amide bonds. The summed E-state index contributed by atoms with van der Waals surface area (Å²) in [6.45, 7) is 8.57. The molecule has 0 N–H and O–H groups in total. The van der Waals surface area contributed by atoms with Gasteiger partial charge in [0.2, 0.25) is 0 Å². The molecule has 1 aromatic carbocycles. The Balaban J connectivity index is 0.00000162. The van der Waals surface area contributed by atoms with Gasteiger partial charge < -0.3 is 9.30 Å². The van der Waals surface area contributed by atoms with E-state index in [0.717, 1.165) is 6.61 Å². The molecule has 0 saturated carbocycles. The van der Waals surface area contributed by atoms with E-state index in [4.69, 9.17) is 4.74 Å². The molecule has 0 saturated heterocycles. The van der Waals surface area contributed by atoms with E-state index >= 15 is 0 Å². The summed E-state index contributed by atoms with van der Waals surface area (Å²) in [7, 11) is -0.977. The van der Waals surface area contributed by atoms with Crippen molar-refractivity contribution in [2.24, 2.45) is 0 Å². The third-order valence-electron chi connectivity index (χ3n) is 2.82. The summed E-state index contributed by atoms with van der Waals surface area (Å²) in [6.07, 6.45) is 3.21. The van der Waals surface area contributed by atoms with Gasteiger partial charge in [0, 0.05) is 14.7 Å². The van der Waals surface area contributed by atoms with E-state index in [1.54, 1.807) is 0 Å². The molecule has 2 aromatic rings. The number of hydrogen-bond donors (Lipinski definition) is 0. The molecule has 0 unspecified atom stereocenters. The number of para-hydroxylation sites is 1. The maximum atomic E-state index is 5.73. The van der Waals surface area contributed by atoms with Crippen molar-refractivity contribution in [3.05, 3.63) is 36.5 Å². The van der Waals surface area contributed by atoms with Crippen LogP contribution in [0.3, 0.4) is 0 Å². The smallest absolute Gasteiger partial charge is 0.443 e. The molecule has 0 aliphatic heterocycles. The van der Waals surface area contributed by atoms with E-state index < -0.39 is 8.07 Å². The van der Waals surface area contributed by atoms with Gasteiger partial charge in [-0.05, 0) is 6.04 Å². The van der Waals surface area contributed by atoms with E-state index in [1.807, 2.05) is 16.7 Å². The van der Waals surface area contributed by atoms with Crippen LogP contribution in [-0.4, -0.2) is 19.2 Å². The summed E-state index contributed by atoms with van der Waals surface area (Å²) >= 11 is 0. The minimum atomic E-state index is -0.977. The Bertz CT molecular complexity index is 490. The first-order valence-electron chi connectivity index (χ1n) is 6.10. The molecule has 0 aliphatic carbocycles. The SMILES string of the molecule is C[Si](C)(C)CCOCn1[c-]cc2ccccc21.[Li+]. The fraction of sp³-hybridized carbons (Fsp3) is 0.429. The first-order chi connectivity index (χ1) is 8.06. The second-order valence-corrected chi connectivity index (χ2v) is 11.2. The van der Waals surface area contributed by atoms with Crippen molar-refractivity contribution >= 4 is 19.0 Å². The molecule has 2 rings (SSSR count). The van der Waals surface area contributed by atoms with Crippen LogP contribution >= 0.6 is 0 Å². The molecule has 2 nitrogen and oxygen atoms in total. The number of ether oxygens (including phenoxy) is 1. The van der Waals surface area contributed by atoms with Crippen molar-refractivity contribution in [1.82, 2.24) is 4.57 Å². The van der Waals surface area contributed by atoms with Gasteiger partial charge >= 0.3 is 18.9 Å². The van der Waals surface area contributed by atoms with E-state index in [9.17, 15) is 0 Å². The Morgan fingerprint density at radius 1 is 1.22 bits per heavy atom. The average Bonchev–Trinajstić information content (AvgIpc) is 2.67. The number of benzene rings is 1. The minimum Gasteiger partial charge on any atom is -0.443 e. The van der Waals surface area contributed by atoms with E-state index in [-0.39, 0.29) is 18.9 Å². The summed E-state index contributed by atoms with van der Waals surface area (Å²) < 4.78 is 7.77. The molecule has 0 bridgehead atoms. The first kappa shape index (κ1) is 15.6. The van der Waals surface area contributed by atoms with Crippen molar-refractivity contribution in [2.75, 3.05) is 6.61 Å². The Morgan fingerprint density at radius 3 is 2.67 bits per heavy atom. The van der Waals surface area contributed by atoms with Gasteiger partial charge in [0.1, 0.15) is 6.73 Å². The maximum absolute atomic E-state index is 5.73. The molecular weight excluding hydrogens is 233 g/mol. The van der Waals surface area contributed by atoms with Crippen LogP contribution in [0.2, 0.25) is 25.7 Å². The number of hydrogen-bond acceptors (Lipinski definition) is 1. The monoisotopic (exact) mass is 253 g/mol. The average molecular weight is 253 g/mol. The molecule has 1 aromatic heterocycles. The van der Waals surface area contributed by atoms with Crippen LogP contribution in [0.25, 0.3) is 10.9 Å². The summed E-state index contributed by atoms with van der Waals surface area (Å²) in [5.74, 6) is 0. The fourth-order valence-electron chi connectivity index (χ4n) is 1.71. The molecule has 0 atom stereocenters. The summed E-state index contributed by atoms with van der Waals surface area (Å²) in [6, 6.07) is 11.5. The number of fused-ring (bicyclic) bond motifs is 1. The van der Waals surface area contributed by atoms with Gasteiger partial charge in [0.15, 0.2) is 0 Å². The Labute approximate surface area is 123 Å². The fourth-order valence-corrected chi connectivity index (χ4v) is 2.47. The quantitative estimate of drug-likeness (QED) is 0.436. The topological polar surface area (TPSA) is 14.2 Å². The zero-order valence-corrected chi connectivity index (χ0v) is 12.9. The third kappa shape index (κ3) is 4.33. The van der Waals surface area contributed by atoms with Crippen LogP contribution in [0.15, 0.2) is 30.3 Å². The molecule has 0 spiro atoms. The molecule has 0 aliphatic rings. The normalized spacial score (nSPS) is 11.5. The van der Waals surface area contributed by atoms with Gasteiger partial charge in [-0.2, -0.15) is 11.5 Å². The molecular formula is C14H20LiNOSi. The number of rotatable bonds is 5. The predicted octanol–water partition coefficient (Wildman–Crippen LogP) is 0.758. The summed E-state index contributed by atoms with van der Waals surface area (Å²) in [5.41, 5.74) is 1.19. The van der Waals surface area contributed by atoms with Crippen molar-refractivity contribution < 1.29 is 23.6 Å². The standard InChI is InChI=1S/C14H20NOSi.Li/c1-17(2,3)11-10-16-12-15-9-8-13-6-4-5-7-14(13)15;/h4-8H,10-12H2,1-3H3;/q-1;+1. The summed E-state index contributed by atoms with van der Waals surface area (Å²) in [4.78, 5) is 0. The van der Waals surface area contributed by atoms with Gasteiger partial charge in [0.25, 0.3) is 0 Å². The predicted molar refractivity (Wildman–Crippen MR) is 74.9 cm³/mol. The molecule has 18 heavy (non-hydrogen) atoms. The third-order valence-corrected chi connectivity index (χ3v) is 4.52. The zero-order valence-electron chi connectivity index (χ0n) is 11.9. The van der Waals surface area contributed by atoms with Crippen molar-refractivity contribution in [1.29, 1.82) is 0 Å². The van der Waals surface area contributed by atoms with Gasteiger partial charge in [0.05, 0.1) is 0 Å². The molecule has 4 heteroatoms. The van der Waals surface area contributed by atoms with Gasteiger partial charge in [-0.3, -0.25) is 0 Å². The number of aromatic nitrogens is 1. The summed E-state index contributed by atoms with van der Waals surface area (Å²) in [5, 5.41) is 1.22. The van der Waals surface area contributed by atoms with Crippen LogP contribution in [0.5, 0.6) is 0 Å². The van der Waals surface area contributed by atoms with Crippen LogP contribution in [0.1, 0.15) is 0 Å². The minimum absolute atomic E-state index is 0. The van der Waals surface area contributed by atoms with Gasteiger partial charge in [-0.15, -0.1) is 23.8 Å².